The van der Waals surface area contributed by atoms with Gasteiger partial charge < -0.3 is 24.0 Å². The van der Waals surface area contributed by atoms with Crippen molar-refractivity contribution < 1.29 is 23.8 Å². The molecule has 0 radical (unpaired) electrons. The summed E-state index contributed by atoms with van der Waals surface area (Å²) < 4.78 is 27.6. The summed E-state index contributed by atoms with van der Waals surface area (Å²) >= 11 is 0. The average Bonchev–Trinajstić information content (AvgIpc) is 3.64. The maximum absolute atomic E-state index is 14.2. The van der Waals surface area contributed by atoms with E-state index in [0.717, 1.165) is 23.3 Å². The van der Waals surface area contributed by atoms with Crippen molar-refractivity contribution in [3.8, 4) is 11.9 Å². The number of aromatic nitrogens is 3. The highest BCUT2D eigenvalue weighted by molar-refractivity contribution is 5.92. The molecule has 1 unspecified atom stereocenters. The van der Waals surface area contributed by atoms with Gasteiger partial charge in [-0.05, 0) is 42.8 Å². The quantitative estimate of drug-likeness (QED) is 0.344. The first-order valence-electron chi connectivity index (χ1n) is 13.1. The summed E-state index contributed by atoms with van der Waals surface area (Å²) in [6.07, 6.45) is 2.53. The third-order valence-corrected chi connectivity index (χ3v) is 7.12. The van der Waals surface area contributed by atoms with Crippen molar-refractivity contribution in [1.82, 2.24) is 19.5 Å². The summed E-state index contributed by atoms with van der Waals surface area (Å²) in [7, 11) is 0. The summed E-state index contributed by atoms with van der Waals surface area (Å²) in [6, 6.07) is 16.6. The Morgan fingerprint density at radius 1 is 1.17 bits per heavy atom. The van der Waals surface area contributed by atoms with Gasteiger partial charge in [0, 0.05) is 24.8 Å². The molecule has 4 aromatic rings. The van der Waals surface area contributed by atoms with E-state index in [2.05, 4.69) is 14.7 Å². The number of ether oxygens (including phenoxy) is 2. The second-order valence-electron chi connectivity index (χ2n) is 9.78. The SMILES string of the molecule is N#Cc1ccc(COc2cccc(N3C=NN(Cc4nc5ccc(C(=O)O)cc5n4C4CCOC4)CC3)n2)c(F)c1. The second kappa shape index (κ2) is 11.2. The Morgan fingerprint density at radius 2 is 2.07 bits per heavy atom. The Morgan fingerprint density at radius 3 is 2.80 bits per heavy atom. The molecule has 0 spiro atoms. The van der Waals surface area contributed by atoms with Crippen LogP contribution in [0.15, 0.2) is 59.7 Å². The van der Waals surface area contributed by atoms with E-state index in [1.807, 2.05) is 28.1 Å². The van der Waals surface area contributed by atoms with Gasteiger partial charge in [-0.3, -0.25) is 5.01 Å². The van der Waals surface area contributed by atoms with Crippen LogP contribution in [0.5, 0.6) is 5.88 Å². The minimum Gasteiger partial charge on any atom is -0.478 e. The van der Waals surface area contributed by atoms with Crippen LogP contribution in [0, 0.1) is 17.1 Å². The van der Waals surface area contributed by atoms with Crippen LogP contribution in [-0.4, -0.2) is 63.3 Å². The lowest BCUT2D eigenvalue weighted by Gasteiger charge is -2.29. The van der Waals surface area contributed by atoms with Crippen molar-refractivity contribution in [2.45, 2.75) is 25.6 Å². The van der Waals surface area contributed by atoms with E-state index in [-0.39, 0.29) is 23.8 Å². The van der Waals surface area contributed by atoms with Crippen molar-refractivity contribution in [2.24, 2.45) is 5.10 Å². The van der Waals surface area contributed by atoms with Crippen molar-refractivity contribution in [1.29, 1.82) is 5.26 Å². The number of hydrogen-bond acceptors (Lipinski definition) is 9. The van der Waals surface area contributed by atoms with Crippen LogP contribution in [-0.2, 0) is 17.9 Å². The normalized spacial score (nSPS) is 16.7. The second-order valence-corrected chi connectivity index (χ2v) is 9.78. The monoisotopic (exact) mass is 555 g/mol. The van der Waals surface area contributed by atoms with E-state index < -0.39 is 11.8 Å². The van der Waals surface area contributed by atoms with Crippen LogP contribution < -0.4 is 9.64 Å². The predicted molar refractivity (Wildman–Crippen MR) is 147 cm³/mol. The molecule has 12 heteroatoms. The third kappa shape index (κ3) is 5.53. The van der Waals surface area contributed by atoms with Crippen LogP contribution in [0.2, 0.25) is 0 Å². The van der Waals surface area contributed by atoms with Crippen molar-refractivity contribution in [2.75, 3.05) is 31.2 Å². The van der Waals surface area contributed by atoms with Gasteiger partial charge >= 0.3 is 5.97 Å². The Kier molecular flexibility index (Phi) is 7.18. The van der Waals surface area contributed by atoms with Gasteiger partial charge in [-0.1, -0.05) is 12.1 Å². The van der Waals surface area contributed by atoms with Gasteiger partial charge in [0.15, 0.2) is 0 Å². The highest BCUT2D eigenvalue weighted by Crippen LogP contribution is 2.29. The number of halogens is 1. The van der Waals surface area contributed by atoms with Gasteiger partial charge in [0.1, 0.15) is 30.4 Å². The Bertz CT molecular complexity index is 1680. The number of nitriles is 1. The summed E-state index contributed by atoms with van der Waals surface area (Å²) in [5, 5.41) is 24.9. The molecule has 0 bridgehead atoms. The van der Waals surface area contributed by atoms with E-state index >= 15 is 0 Å². The number of aromatic carboxylic acids is 1. The number of nitrogens with zero attached hydrogens (tertiary/aromatic N) is 7. The standard InChI is InChI=1S/C29H26FN7O4/c30-23-12-19(14-31)4-5-21(23)16-41-28-3-1-2-26(34-28)35-9-10-36(32-18-35)15-27-33-24-7-6-20(29(38)39)13-25(24)37(27)22-8-11-40-17-22/h1-7,12-13,18,22H,8-11,15-17H2,(H,38,39). The van der Waals surface area contributed by atoms with E-state index in [9.17, 15) is 14.3 Å². The molecule has 1 saturated heterocycles. The number of anilines is 1. The molecule has 0 amide bonds. The molecule has 0 aliphatic carbocycles. The van der Waals surface area contributed by atoms with E-state index in [0.29, 0.717) is 50.1 Å². The maximum atomic E-state index is 14.2. The third-order valence-electron chi connectivity index (χ3n) is 7.12. The number of carboxylic acids is 1. The molecular weight excluding hydrogens is 529 g/mol. The number of benzene rings is 2. The van der Waals surface area contributed by atoms with E-state index in [4.69, 9.17) is 19.7 Å². The molecular formula is C29H26FN7O4. The van der Waals surface area contributed by atoms with Crippen LogP contribution in [0.1, 0.15) is 39.8 Å². The summed E-state index contributed by atoms with van der Waals surface area (Å²) in [4.78, 5) is 22.8. The fraction of sp³-hybridized carbons (Fsp3) is 0.276. The van der Waals surface area contributed by atoms with E-state index in [1.165, 1.54) is 12.1 Å². The fourth-order valence-electron chi connectivity index (χ4n) is 4.98. The average molecular weight is 556 g/mol. The Labute approximate surface area is 234 Å². The highest BCUT2D eigenvalue weighted by Gasteiger charge is 2.25. The summed E-state index contributed by atoms with van der Waals surface area (Å²) in [5.74, 6) is 0.305. The number of imidazole rings is 1. The molecule has 41 heavy (non-hydrogen) atoms. The first-order valence-corrected chi connectivity index (χ1v) is 13.1. The largest absolute Gasteiger partial charge is 0.478 e. The number of fused-ring (bicyclic) bond motifs is 1. The Balaban J connectivity index is 1.15. The Hall–Kier alpha value is -5.02. The van der Waals surface area contributed by atoms with E-state index in [1.54, 1.807) is 36.7 Å². The van der Waals surface area contributed by atoms with Crippen LogP contribution in [0.25, 0.3) is 11.0 Å². The van der Waals surface area contributed by atoms with Gasteiger partial charge in [0.2, 0.25) is 5.88 Å². The molecule has 2 aliphatic heterocycles. The van der Waals surface area contributed by atoms with Crippen LogP contribution in [0.3, 0.4) is 0 Å². The molecule has 4 heterocycles. The first-order chi connectivity index (χ1) is 20.0. The van der Waals surface area contributed by atoms with Gasteiger partial charge in [-0.25, -0.2) is 14.2 Å². The minimum absolute atomic E-state index is 0.0170. The van der Waals surface area contributed by atoms with Gasteiger partial charge in [-0.2, -0.15) is 15.3 Å². The number of rotatable bonds is 8. The number of carbonyl (C=O) groups is 1. The molecule has 1 fully saturated rings. The van der Waals surface area contributed by atoms with Crippen molar-refractivity contribution in [3.05, 3.63) is 82.9 Å². The van der Waals surface area contributed by atoms with Gasteiger partial charge in [0.25, 0.3) is 0 Å². The molecule has 2 aromatic heterocycles. The fourth-order valence-corrected chi connectivity index (χ4v) is 4.98. The zero-order chi connectivity index (χ0) is 28.3. The lowest BCUT2D eigenvalue weighted by atomic mass is 10.1. The number of hydrazone groups is 1. The molecule has 6 rings (SSSR count). The van der Waals surface area contributed by atoms with Crippen molar-refractivity contribution in [3.63, 3.8) is 0 Å². The lowest BCUT2D eigenvalue weighted by Crippen LogP contribution is -2.38. The maximum Gasteiger partial charge on any atom is 0.335 e. The van der Waals surface area contributed by atoms with Crippen LogP contribution >= 0.6 is 0 Å². The number of hydrogen-bond donors (Lipinski definition) is 1. The molecule has 1 atom stereocenters. The van der Waals surface area contributed by atoms with Gasteiger partial charge in [-0.15, -0.1) is 0 Å². The van der Waals surface area contributed by atoms with Gasteiger partial charge in [0.05, 0.1) is 54.0 Å². The molecule has 1 N–H and O–H groups in total. The first kappa shape index (κ1) is 26.2. The smallest absolute Gasteiger partial charge is 0.335 e. The minimum atomic E-state index is -0.978. The zero-order valence-electron chi connectivity index (χ0n) is 22.0. The van der Waals surface area contributed by atoms with Crippen LogP contribution in [0.4, 0.5) is 10.2 Å². The lowest BCUT2D eigenvalue weighted by molar-refractivity contribution is 0.0697. The molecule has 208 valence electrons. The summed E-state index contributed by atoms with van der Waals surface area (Å²) in [6.45, 7) is 2.85. The summed E-state index contributed by atoms with van der Waals surface area (Å²) in [5.41, 5.74) is 2.32. The number of pyridine rings is 1. The van der Waals surface area contributed by atoms with Crippen molar-refractivity contribution >= 4 is 29.2 Å². The highest BCUT2D eigenvalue weighted by atomic mass is 19.1. The molecule has 2 aromatic carbocycles. The molecule has 11 nitrogen and oxygen atoms in total. The molecule has 0 saturated carbocycles. The zero-order valence-corrected chi connectivity index (χ0v) is 22.0. The topological polar surface area (TPSA) is 129 Å². The predicted octanol–water partition coefficient (Wildman–Crippen LogP) is 3.95. The molecule has 2 aliphatic rings. The number of carboxylic acid groups (broad SMARTS) is 1.